The second kappa shape index (κ2) is 6.89. The van der Waals surface area contributed by atoms with Gasteiger partial charge in [0.25, 0.3) is 5.91 Å². The largest absolute Gasteiger partial charge is 0.314 e. The third kappa shape index (κ3) is 3.46. The molecule has 3 rings (SSSR count). The third-order valence-electron chi connectivity index (χ3n) is 3.40. The fourth-order valence-electron chi connectivity index (χ4n) is 2.33. The second-order valence-electron chi connectivity index (χ2n) is 5.12. The van der Waals surface area contributed by atoms with E-state index < -0.39 is 0 Å². The van der Waals surface area contributed by atoms with Crippen molar-refractivity contribution >= 4 is 11.7 Å². The van der Waals surface area contributed by atoms with Crippen molar-refractivity contribution in [3.63, 3.8) is 0 Å². The molecule has 1 aromatic heterocycles. The van der Waals surface area contributed by atoms with E-state index in [1.807, 2.05) is 61.6 Å². The van der Waals surface area contributed by atoms with Crippen LogP contribution in [0.15, 0.2) is 66.7 Å². The van der Waals surface area contributed by atoms with Crippen molar-refractivity contribution in [2.75, 3.05) is 12.4 Å². The molecule has 0 radical (unpaired) electrons. The maximum atomic E-state index is 12.4. The van der Waals surface area contributed by atoms with Gasteiger partial charge >= 0.3 is 0 Å². The minimum atomic E-state index is -0.154. The summed E-state index contributed by atoms with van der Waals surface area (Å²) in [6.07, 6.45) is 0. The predicted molar refractivity (Wildman–Crippen MR) is 90.7 cm³/mol. The highest BCUT2D eigenvalue weighted by Gasteiger charge is 2.13. The lowest BCUT2D eigenvalue weighted by molar-refractivity contribution is 0.102. The van der Waals surface area contributed by atoms with E-state index in [0.717, 1.165) is 11.4 Å². The van der Waals surface area contributed by atoms with Gasteiger partial charge in [-0.15, -0.1) is 0 Å². The van der Waals surface area contributed by atoms with Crippen LogP contribution in [0.5, 0.6) is 0 Å². The van der Waals surface area contributed by atoms with Crippen LogP contribution >= 0.6 is 0 Å². The molecule has 0 saturated heterocycles. The van der Waals surface area contributed by atoms with Gasteiger partial charge in [-0.2, -0.15) is 5.10 Å². The summed E-state index contributed by atoms with van der Waals surface area (Å²) in [4.78, 5) is 12.4. The number of rotatable bonds is 5. The topological polar surface area (TPSA) is 58.9 Å². The van der Waals surface area contributed by atoms with Crippen LogP contribution in [0.25, 0.3) is 5.69 Å². The first-order chi connectivity index (χ1) is 11.3. The van der Waals surface area contributed by atoms with Crippen LogP contribution in [0.1, 0.15) is 16.1 Å². The fraction of sp³-hybridized carbons (Fsp3) is 0.111. The van der Waals surface area contributed by atoms with Crippen LogP contribution in [0.4, 0.5) is 5.82 Å². The monoisotopic (exact) mass is 306 g/mol. The van der Waals surface area contributed by atoms with Crippen molar-refractivity contribution in [3.05, 3.63) is 78.0 Å². The lowest BCUT2D eigenvalue weighted by Gasteiger charge is -2.08. The van der Waals surface area contributed by atoms with Crippen molar-refractivity contribution in [1.82, 2.24) is 15.1 Å². The molecular formula is C18H18N4O. The molecule has 0 spiro atoms. The highest BCUT2D eigenvalue weighted by molar-refractivity contribution is 6.03. The van der Waals surface area contributed by atoms with Crippen LogP contribution in [0.3, 0.4) is 0 Å². The number of para-hydroxylation sites is 1. The Bertz CT molecular complexity index is 781. The molecule has 2 aromatic carbocycles. The van der Waals surface area contributed by atoms with Gasteiger partial charge in [-0.1, -0.05) is 36.4 Å². The van der Waals surface area contributed by atoms with Crippen molar-refractivity contribution in [2.24, 2.45) is 0 Å². The van der Waals surface area contributed by atoms with Crippen molar-refractivity contribution in [2.45, 2.75) is 6.54 Å². The van der Waals surface area contributed by atoms with Gasteiger partial charge in [-0.25, -0.2) is 4.68 Å². The molecule has 2 N–H and O–H groups in total. The summed E-state index contributed by atoms with van der Waals surface area (Å²) in [6, 6.07) is 20.8. The smallest absolute Gasteiger partial charge is 0.256 e. The Morgan fingerprint density at radius 2 is 1.70 bits per heavy atom. The number of nitrogens with zero attached hydrogens (tertiary/aromatic N) is 2. The zero-order chi connectivity index (χ0) is 16.1. The number of carbonyl (C=O) groups excluding carboxylic acids is 1. The Morgan fingerprint density at radius 3 is 2.35 bits per heavy atom. The molecule has 0 aliphatic carbocycles. The second-order valence-corrected chi connectivity index (χ2v) is 5.12. The van der Waals surface area contributed by atoms with E-state index in [1.54, 1.807) is 16.8 Å². The first kappa shape index (κ1) is 15.0. The molecule has 0 unspecified atom stereocenters. The number of carbonyl (C=O) groups is 1. The van der Waals surface area contributed by atoms with E-state index in [-0.39, 0.29) is 5.91 Å². The summed E-state index contributed by atoms with van der Waals surface area (Å²) in [7, 11) is 1.86. The molecule has 0 bridgehead atoms. The average Bonchev–Trinajstić information content (AvgIpc) is 2.99. The van der Waals surface area contributed by atoms with Gasteiger partial charge in [-0.05, 0) is 31.3 Å². The van der Waals surface area contributed by atoms with Gasteiger partial charge in [0.2, 0.25) is 0 Å². The Labute approximate surface area is 135 Å². The molecule has 0 atom stereocenters. The zero-order valence-corrected chi connectivity index (χ0v) is 12.9. The van der Waals surface area contributed by atoms with Gasteiger partial charge in [0.1, 0.15) is 5.82 Å². The predicted octanol–water partition coefficient (Wildman–Crippen LogP) is 2.84. The van der Waals surface area contributed by atoms with Crippen molar-refractivity contribution < 1.29 is 4.79 Å². The summed E-state index contributed by atoms with van der Waals surface area (Å²) < 4.78 is 1.74. The lowest BCUT2D eigenvalue weighted by Crippen LogP contribution is -2.15. The van der Waals surface area contributed by atoms with Crippen molar-refractivity contribution in [3.8, 4) is 5.69 Å². The van der Waals surface area contributed by atoms with Crippen LogP contribution in [-0.2, 0) is 6.54 Å². The SMILES string of the molecule is CNCc1cc(NC(=O)c2ccccc2)n(-c2ccccc2)n1. The van der Waals surface area contributed by atoms with E-state index >= 15 is 0 Å². The maximum Gasteiger partial charge on any atom is 0.256 e. The quantitative estimate of drug-likeness (QED) is 0.762. The molecule has 5 nitrogen and oxygen atoms in total. The van der Waals surface area contributed by atoms with Crippen LogP contribution < -0.4 is 10.6 Å². The number of hydrogen-bond acceptors (Lipinski definition) is 3. The number of hydrogen-bond donors (Lipinski definition) is 2. The summed E-state index contributed by atoms with van der Waals surface area (Å²) >= 11 is 0. The molecule has 0 aliphatic rings. The molecule has 1 amide bonds. The molecule has 0 aliphatic heterocycles. The van der Waals surface area contributed by atoms with Crippen LogP contribution in [-0.4, -0.2) is 22.7 Å². The summed E-state index contributed by atoms with van der Waals surface area (Å²) in [5.41, 5.74) is 2.38. The van der Waals surface area contributed by atoms with Gasteiger partial charge in [0, 0.05) is 18.2 Å². The number of anilines is 1. The van der Waals surface area contributed by atoms with Gasteiger partial charge in [0.05, 0.1) is 11.4 Å². The number of benzene rings is 2. The van der Waals surface area contributed by atoms with E-state index in [2.05, 4.69) is 15.7 Å². The van der Waals surface area contributed by atoms with Crippen molar-refractivity contribution in [1.29, 1.82) is 0 Å². The standard InChI is InChI=1S/C18H18N4O/c1-19-13-15-12-17(20-18(23)14-8-4-2-5-9-14)22(21-15)16-10-6-3-7-11-16/h2-12,19H,13H2,1H3,(H,20,23). The van der Waals surface area contributed by atoms with Gasteiger partial charge in [-0.3, -0.25) is 4.79 Å². The minimum absolute atomic E-state index is 0.154. The Morgan fingerprint density at radius 1 is 1.04 bits per heavy atom. The molecule has 0 fully saturated rings. The summed E-state index contributed by atoms with van der Waals surface area (Å²) in [5, 5.41) is 10.6. The van der Waals surface area contributed by atoms with Gasteiger partial charge in [0.15, 0.2) is 0 Å². The fourth-order valence-corrected chi connectivity index (χ4v) is 2.33. The maximum absolute atomic E-state index is 12.4. The van der Waals surface area contributed by atoms with E-state index in [9.17, 15) is 4.79 Å². The highest BCUT2D eigenvalue weighted by Crippen LogP contribution is 2.18. The number of aromatic nitrogens is 2. The van der Waals surface area contributed by atoms with E-state index in [0.29, 0.717) is 17.9 Å². The highest BCUT2D eigenvalue weighted by atomic mass is 16.1. The van der Waals surface area contributed by atoms with Crippen LogP contribution in [0.2, 0.25) is 0 Å². The third-order valence-corrected chi connectivity index (χ3v) is 3.40. The summed E-state index contributed by atoms with van der Waals surface area (Å²) in [5.74, 6) is 0.494. The Hall–Kier alpha value is -2.92. The summed E-state index contributed by atoms with van der Waals surface area (Å²) in [6.45, 7) is 0.633. The molecule has 1 heterocycles. The Balaban J connectivity index is 1.93. The van der Waals surface area contributed by atoms with E-state index in [1.165, 1.54) is 0 Å². The molecule has 116 valence electrons. The Kier molecular flexibility index (Phi) is 4.49. The minimum Gasteiger partial charge on any atom is -0.314 e. The first-order valence-corrected chi connectivity index (χ1v) is 7.43. The normalized spacial score (nSPS) is 10.5. The van der Waals surface area contributed by atoms with E-state index in [4.69, 9.17) is 0 Å². The number of nitrogens with one attached hydrogen (secondary N) is 2. The molecule has 3 aromatic rings. The first-order valence-electron chi connectivity index (χ1n) is 7.43. The molecule has 0 saturated carbocycles. The molecule has 23 heavy (non-hydrogen) atoms. The molecular weight excluding hydrogens is 288 g/mol. The lowest BCUT2D eigenvalue weighted by atomic mass is 10.2. The molecule has 5 heteroatoms. The number of amides is 1. The zero-order valence-electron chi connectivity index (χ0n) is 12.9. The average molecular weight is 306 g/mol. The van der Waals surface area contributed by atoms with Crippen LogP contribution in [0, 0.1) is 0 Å². The van der Waals surface area contributed by atoms with Gasteiger partial charge < -0.3 is 10.6 Å².